The van der Waals surface area contributed by atoms with Crippen LogP contribution in [0.25, 0.3) is 0 Å². The molecule has 1 aliphatic heterocycles. The fraction of sp³-hybridized carbons (Fsp3) is 0.400. The number of ether oxygens (including phenoxy) is 3. The molecule has 0 bridgehead atoms. The second-order valence-electron chi connectivity index (χ2n) is 5.82. The molecule has 1 saturated heterocycles. The summed E-state index contributed by atoms with van der Waals surface area (Å²) in [6.07, 6.45) is 2.58. The van der Waals surface area contributed by atoms with Gasteiger partial charge in [0.15, 0.2) is 0 Å². The minimum atomic E-state index is -0.359. The third-order valence-electron chi connectivity index (χ3n) is 3.29. The van der Waals surface area contributed by atoms with Crippen molar-refractivity contribution in [3.63, 3.8) is 0 Å². The molecule has 5 nitrogen and oxygen atoms in total. The average molecular weight is 346 g/mol. The lowest BCUT2D eigenvalue weighted by Crippen LogP contribution is -2.25. The Labute approximate surface area is 149 Å². The monoisotopic (exact) mass is 346 g/mol. The van der Waals surface area contributed by atoms with Crippen molar-refractivity contribution in [1.82, 2.24) is 0 Å². The van der Waals surface area contributed by atoms with E-state index < -0.39 is 0 Å². The Balaban J connectivity index is 0.000000251. The molecule has 1 fully saturated rings. The van der Waals surface area contributed by atoms with Crippen LogP contribution in [0.3, 0.4) is 0 Å². The molecule has 0 N–H and O–H groups in total. The van der Waals surface area contributed by atoms with Crippen molar-refractivity contribution in [2.75, 3.05) is 6.61 Å². The van der Waals surface area contributed by atoms with E-state index in [1.54, 1.807) is 13.8 Å². The topological polar surface area (TPSA) is 61.8 Å². The van der Waals surface area contributed by atoms with E-state index in [0.29, 0.717) is 24.4 Å². The Bertz CT molecular complexity index is 585. The molecule has 136 valence electrons. The van der Waals surface area contributed by atoms with Crippen molar-refractivity contribution in [2.24, 2.45) is 0 Å². The first kappa shape index (κ1) is 20.6. The highest BCUT2D eigenvalue weighted by Gasteiger charge is 2.17. The molecular formula is C20H26O5. The Morgan fingerprint density at radius 2 is 1.72 bits per heavy atom. The van der Waals surface area contributed by atoms with Crippen molar-refractivity contribution in [3.8, 4) is 0 Å². The van der Waals surface area contributed by atoms with Crippen molar-refractivity contribution < 1.29 is 23.8 Å². The second-order valence-corrected chi connectivity index (χ2v) is 5.82. The predicted octanol–water partition coefficient (Wildman–Crippen LogP) is 3.94. The van der Waals surface area contributed by atoms with E-state index in [4.69, 9.17) is 14.2 Å². The zero-order valence-corrected chi connectivity index (χ0v) is 15.0. The van der Waals surface area contributed by atoms with Crippen molar-refractivity contribution in [1.29, 1.82) is 0 Å². The highest BCUT2D eigenvalue weighted by molar-refractivity contribution is 5.87. The van der Waals surface area contributed by atoms with E-state index in [2.05, 4.69) is 13.2 Å². The summed E-state index contributed by atoms with van der Waals surface area (Å²) in [5.41, 5.74) is 1.83. The number of benzene rings is 1. The highest BCUT2D eigenvalue weighted by atomic mass is 16.7. The Kier molecular flexibility index (Phi) is 9.25. The van der Waals surface area contributed by atoms with Crippen LogP contribution in [0.2, 0.25) is 0 Å². The van der Waals surface area contributed by atoms with Gasteiger partial charge in [-0.2, -0.15) is 0 Å². The maximum absolute atomic E-state index is 11.0. The number of esters is 2. The molecule has 0 spiro atoms. The molecule has 5 heteroatoms. The lowest BCUT2D eigenvalue weighted by molar-refractivity contribution is -0.182. The first-order valence-electron chi connectivity index (χ1n) is 8.24. The summed E-state index contributed by atoms with van der Waals surface area (Å²) in [5.74, 6) is -0.703. The summed E-state index contributed by atoms with van der Waals surface area (Å²) in [7, 11) is 0. The summed E-state index contributed by atoms with van der Waals surface area (Å²) >= 11 is 0. The summed E-state index contributed by atoms with van der Waals surface area (Å²) in [4.78, 5) is 22.0. The minimum absolute atomic E-state index is 0.312. The van der Waals surface area contributed by atoms with Gasteiger partial charge in [-0.25, -0.2) is 9.59 Å². The molecule has 1 unspecified atom stereocenters. The number of rotatable bonds is 5. The molecular weight excluding hydrogens is 320 g/mol. The molecule has 0 amide bonds. The van der Waals surface area contributed by atoms with E-state index in [-0.39, 0.29) is 18.2 Å². The summed E-state index contributed by atoms with van der Waals surface area (Å²) in [6, 6.07) is 9.55. The molecule has 1 aromatic carbocycles. The van der Waals surface area contributed by atoms with Crippen LogP contribution in [0.4, 0.5) is 0 Å². The van der Waals surface area contributed by atoms with Crippen LogP contribution in [-0.2, 0) is 30.4 Å². The normalized spacial score (nSPS) is 16.0. The van der Waals surface area contributed by atoms with E-state index in [0.717, 1.165) is 24.8 Å². The first-order valence-corrected chi connectivity index (χ1v) is 8.24. The SMILES string of the molecule is C=C(C)C(=O)OC1CCCCO1.C=C(C)C(=O)OCc1ccccc1. The van der Waals surface area contributed by atoms with Crippen LogP contribution in [-0.4, -0.2) is 24.8 Å². The maximum atomic E-state index is 11.0. The predicted molar refractivity (Wildman–Crippen MR) is 95.5 cm³/mol. The second kappa shape index (κ2) is 11.2. The van der Waals surface area contributed by atoms with Crippen LogP contribution in [0.1, 0.15) is 38.7 Å². The van der Waals surface area contributed by atoms with Crippen molar-refractivity contribution >= 4 is 11.9 Å². The molecule has 0 aromatic heterocycles. The van der Waals surface area contributed by atoms with Gasteiger partial charge in [-0.05, 0) is 32.3 Å². The average Bonchev–Trinajstić information content (AvgIpc) is 2.61. The molecule has 25 heavy (non-hydrogen) atoms. The molecule has 0 aliphatic carbocycles. The van der Waals surface area contributed by atoms with Crippen LogP contribution in [0, 0.1) is 0 Å². The smallest absolute Gasteiger partial charge is 0.335 e. The minimum Gasteiger partial charge on any atom is -0.457 e. The van der Waals surface area contributed by atoms with Gasteiger partial charge in [0, 0.05) is 17.6 Å². The Morgan fingerprint density at radius 3 is 2.24 bits per heavy atom. The quantitative estimate of drug-likeness (QED) is 0.597. The lowest BCUT2D eigenvalue weighted by Gasteiger charge is -2.22. The van der Waals surface area contributed by atoms with Crippen LogP contribution in [0.15, 0.2) is 54.6 Å². The molecule has 0 radical (unpaired) electrons. The van der Waals surface area contributed by atoms with Gasteiger partial charge in [0.2, 0.25) is 6.29 Å². The van der Waals surface area contributed by atoms with Gasteiger partial charge in [0.1, 0.15) is 6.61 Å². The number of carbonyl (C=O) groups is 2. The zero-order chi connectivity index (χ0) is 18.7. The van der Waals surface area contributed by atoms with Crippen molar-refractivity contribution in [2.45, 2.75) is 46.0 Å². The summed E-state index contributed by atoms with van der Waals surface area (Å²) < 4.78 is 15.2. The number of carbonyl (C=O) groups excluding carboxylic acids is 2. The van der Waals surface area contributed by atoms with Gasteiger partial charge in [-0.1, -0.05) is 43.5 Å². The molecule has 1 aromatic rings. The van der Waals surface area contributed by atoms with Gasteiger partial charge in [0.25, 0.3) is 0 Å². The number of hydrogen-bond donors (Lipinski definition) is 0. The molecule has 1 atom stereocenters. The molecule has 2 rings (SSSR count). The largest absolute Gasteiger partial charge is 0.457 e. The van der Waals surface area contributed by atoms with Crippen LogP contribution >= 0.6 is 0 Å². The lowest BCUT2D eigenvalue weighted by atomic mass is 10.2. The Hall–Kier alpha value is -2.40. The molecule has 1 heterocycles. The first-order chi connectivity index (χ1) is 11.9. The van der Waals surface area contributed by atoms with E-state index >= 15 is 0 Å². The zero-order valence-electron chi connectivity index (χ0n) is 15.0. The van der Waals surface area contributed by atoms with E-state index in [1.807, 2.05) is 30.3 Å². The molecule has 0 saturated carbocycles. The van der Waals surface area contributed by atoms with Gasteiger partial charge < -0.3 is 14.2 Å². The van der Waals surface area contributed by atoms with E-state index in [1.165, 1.54) is 0 Å². The van der Waals surface area contributed by atoms with Gasteiger partial charge in [-0.15, -0.1) is 0 Å². The van der Waals surface area contributed by atoms with E-state index in [9.17, 15) is 9.59 Å². The van der Waals surface area contributed by atoms with Crippen LogP contribution < -0.4 is 0 Å². The fourth-order valence-corrected chi connectivity index (χ4v) is 1.87. The molecule has 1 aliphatic rings. The highest BCUT2D eigenvalue weighted by Crippen LogP contribution is 2.14. The third kappa shape index (κ3) is 8.86. The van der Waals surface area contributed by atoms with Gasteiger partial charge in [0.05, 0.1) is 6.61 Å². The summed E-state index contributed by atoms with van der Waals surface area (Å²) in [5, 5.41) is 0. The third-order valence-corrected chi connectivity index (χ3v) is 3.29. The van der Waals surface area contributed by atoms with Gasteiger partial charge in [-0.3, -0.25) is 0 Å². The van der Waals surface area contributed by atoms with Crippen LogP contribution in [0.5, 0.6) is 0 Å². The standard InChI is InChI=1S/C11H12O2.C9H14O3/c1-9(2)11(12)13-8-10-6-4-3-5-7-10;1-7(2)9(10)12-8-5-3-4-6-11-8/h3-7H,1,8H2,2H3;8H,1,3-6H2,2H3. The maximum Gasteiger partial charge on any atom is 0.335 e. The van der Waals surface area contributed by atoms with Gasteiger partial charge >= 0.3 is 11.9 Å². The van der Waals surface area contributed by atoms with Crippen molar-refractivity contribution in [3.05, 3.63) is 60.2 Å². The Morgan fingerprint density at radius 1 is 1.08 bits per heavy atom. The number of hydrogen-bond acceptors (Lipinski definition) is 5. The fourth-order valence-electron chi connectivity index (χ4n) is 1.87. The summed E-state index contributed by atoms with van der Waals surface area (Å²) in [6.45, 7) is 11.2.